The Hall–Kier alpha value is -3.02. The highest BCUT2D eigenvalue weighted by atomic mass is 16.5. The molecule has 126 valence electrons. The van der Waals surface area contributed by atoms with Gasteiger partial charge in [0.2, 0.25) is 0 Å². The third-order valence-electron chi connectivity index (χ3n) is 3.41. The third kappa shape index (κ3) is 4.04. The molecule has 6 heteroatoms. The van der Waals surface area contributed by atoms with E-state index in [1.807, 2.05) is 0 Å². The Morgan fingerprint density at radius 3 is 2.46 bits per heavy atom. The number of carbonyl (C=O) groups excluding carboxylic acids is 2. The number of phenolic OH excluding ortho intramolecular Hbond substituents is 1. The number of aromatic hydroxyl groups is 1. The zero-order valence-corrected chi connectivity index (χ0v) is 13.4. The minimum absolute atomic E-state index is 0.0229. The molecule has 0 aromatic heterocycles. The van der Waals surface area contributed by atoms with E-state index in [-0.39, 0.29) is 30.3 Å². The van der Waals surface area contributed by atoms with Crippen molar-refractivity contribution in [3.63, 3.8) is 0 Å². The quantitative estimate of drug-likeness (QED) is 0.592. The van der Waals surface area contributed by atoms with Crippen LogP contribution >= 0.6 is 0 Å². The molecule has 0 spiro atoms. The lowest BCUT2D eigenvalue weighted by atomic mass is 10.1. The van der Waals surface area contributed by atoms with Crippen molar-refractivity contribution in [3.8, 4) is 23.0 Å². The SMILES string of the molecule is COc1cc(C(=O)CCOc2ccc(C=O)cc2OC)ccc1O. The van der Waals surface area contributed by atoms with Crippen molar-refractivity contribution < 1.29 is 28.9 Å². The molecule has 1 N–H and O–H groups in total. The number of benzene rings is 2. The first-order valence-corrected chi connectivity index (χ1v) is 7.25. The van der Waals surface area contributed by atoms with Crippen molar-refractivity contribution in [1.29, 1.82) is 0 Å². The van der Waals surface area contributed by atoms with Crippen LogP contribution in [0.25, 0.3) is 0 Å². The van der Waals surface area contributed by atoms with E-state index >= 15 is 0 Å². The molecule has 2 aromatic rings. The lowest BCUT2D eigenvalue weighted by molar-refractivity contribution is 0.0960. The molecule has 0 atom stereocenters. The Morgan fingerprint density at radius 2 is 1.79 bits per heavy atom. The average molecular weight is 330 g/mol. The van der Waals surface area contributed by atoms with Crippen LogP contribution in [-0.4, -0.2) is 38.0 Å². The van der Waals surface area contributed by atoms with Gasteiger partial charge in [-0.15, -0.1) is 0 Å². The summed E-state index contributed by atoms with van der Waals surface area (Å²) in [5.74, 6) is 0.965. The second-order valence-electron chi connectivity index (χ2n) is 4.94. The molecule has 0 fully saturated rings. The lowest BCUT2D eigenvalue weighted by Gasteiger charge is -2.11. The molecule has 2 aromatic carbocycles. The van der Waals surface area contributed by atoms with Crippen molar-refractivity contribution in [2.75, 3.05) is 20.8 Å². The molecule has 0 bridgehead atoms. The number of hydrogen-bond donors (Lipinski definition) is 1. The number of phenols is 1. The summed E-state index contributed by atoms with van der Waals surface area (Å²) in [6, 6.07) is 9.22. The van der Waals surface area contributed by atoms with E-state index in [0.717, 1.165) is 0 Å². The van der Waals surface area contributed by atoms with Crippen molar-refractivity contribution in [3.05, 3.63) is 47.5 Å². The zero-order valence-electron chi connectivity index (χ0n) is 13.4. The van der Waals surface area contributed by atoms with Crippen LogP contribution in [0.1, 0.15) is 27.1 Å². The maximum Gasteiger partial charge on any atom is 0.166 e. The van der Waals surface area contributed by atoms with E-state index in [1.54, 1.807) is 18.2 Å². The van der Waals surface area contributed by atoms with E-state index < -0.39 is 0 Å². The monoisotopic (exact) mass is 330 g/mol. The van der Waals surface area contributed by atoms with E-state index in [0.29, 0.717) is 28.9 Å². The van der Waals surface area contributed by atoms with Crippen LogP contribution in [0.3, 0.4) is 0 Å². The molecule has 0 unspecified atom stereocenters. The Kier molecular flexibility index (Phi) is 5.78. The minimum atomic E-state index is -0.142. The molecule has 0 radical (unpaired) electrons. The van der Waals surface area contributed by atoms with Gasteiger partial charge in [-0.25, -0.2) is 0 Å². The highest BCUT2D eigenvalue weighted by Crippen LogP contribution is 2.28. The molecular formula is C18H18O6. The van der Waals surface area contributed by atoms with Crippen molar-refractivity contribution >= 4 is 12.1 Å². The van der Waals surface area contributed by atoms with Gasteiger partial charge in [0, 0.05) is 17.5 Å². The summed E-state index contributed by atoms with van der Waals surface area (Å²) in [6.45, 7) is 0.152. The van der Waals surface area contributed by atoms with Gasteiger partial charge in [-0.2, -0.15) is 0 Å². The average Bonchev–Trinajstić information content (AvgIpc) is 2.62. The molecule has 0 aliphatic heterocycles. The second kappa shape index (κ2) is 8.01. The molecule has 0 heterocycles. The largest absolute Gasteiger partial charge is 0.504 e. The summed E-state index contributed by atoms with van der Waals surface area (Å²) < 4.78 is 15.7. The van der Waals surface area contributed by atoms with Crippen molar-refractivity contribution in [1.82, 2.24) is 0 Å². The molecule has 0 aliphatic carbocycles. The van der Waals surface area contributed by atoms with Gasteiger partial charge < -0.3 is 19.3 Å². The predicted octanol–water partition coefficient (Wildman–Crippen LogP) is 2.87. The molecule has 6 nitrogen and oxygen atoms in total. The van der Waals surface area contributed by atoms with E-state index in [1.165, 1.54) is 32.4 Å². The Morgan fingerprint density at radius 1 is 1.04 bits per heavy atom. The summed E-state index contributed by atoms with van der Waals surface area (Å²) in [4.78, 5) is 22.9. The van der Waals surface area contributed by atoms with Gasteiger partial charge in [0.25, 0.3) is 0 Å². The Labute approximate surface area is 139 Å². The summed E-state index contributed by atoms with van der Waals surface area (Å²) in [5, 5.41) is 9.54. The van der Waals surface area contributed by atoms with E-state index in [2.05, 4.69) is 0 Å². The highest BCUT2D eigenvalue weighted by molar-refractivity contribution is 5.96. The van der Waals surface area contributed by atoms with E-state index in [9.17, 15) is 14.7 Å². The van der Waals surface area contributed by atoms with Crippen LogP contribution in [0.15, 0.2) is 36.4 Å². The molecule has 0 saturated heterocycles. The maximum atomic E-state index is 12.2. The lowest BCUT2D eigenvalue weighted by Crippen LogP contribution is -2.07. The van der Waals surface area contributed by atoms with Crippen LogP contribution in [-0.2, 0) is 0 Å². The van der Waals surface area contributed by atoms with Crippen LogP contribution in [0.5, 0.6) is 23.0 Å². The Balaban J connectivity index is 1.99. The highest BCUT2D eigenvalue weighted by Gasteiger charge is 2.11. The van der Waals surface area contributed by atoms with Crippen LogP contribution < -0.4 is 14.2 Å². The fourth-order valence-corrected chi connectivity index (χ4v) is 2.13. The summed E-state index contributed by atoms with van der Waals surface area (Å²) in [7, 11) is 2.90. The van der Waals surface area contributed by atoms with Crippen LogP contribution in [0.4, 0.5) is 0 Å². The molecule has 0 aliphatic rings. The molecule has 0 saturated carbocycles. The van der Waals surface area contributed by atoms with Gasteiger partial charge in [-0.1, -0.05) is 0 Å². The van der Waals surface area contributed by atoms with Gasteiger partial charge in [-0.05, 0) is 36.4 Å². The maximum absolute atomic E-state index is 12.2. The van der Waals surface area contributed by atoms with Gasteiger partial charge in [-0.3, -0.25) is 9.59 Å². The molecule has 24 heavy (non-hydrogen) atoms. The first-order chi connectivity index (χ1) is 11.6. The minimum Gasteiger partial charge on any atom is -0.504 e. The molecule has 2 rings (SSSR count). The number of rotatable bonds is 8. The van der Waals surface area contributed by atoms with Gasteiger partial charge >= 0.3 is 0 Å². The van der Waals surface area contributed by atoms with Gasteiger partial charge in [0.1, 0.15) is 6.29 Å². The fourth-order valence-electron chi connectivity index (χ4n) is 2.13. The standard InChI is InChI=1S/C18H18O6/c1-22-17-10-13(4-5-15(17)21)14(20)7-8-24-16-6-3-12(11-19)9-18(16)23-2/h3-6,9-11,21H,7-8H2,1-2H3. The topological polar surface area (TPSA) is 82.1 Å². The van der Waals surface area contributed by atoms with Crippen LogP contribution in [0.2, 0.25) is 0 Å². The number of Topliss-reactive ketones (excluding diaryl/α,β-unsaturated/α-hetero) is 1. The van der Waals surface area contributed by atoms with Crippen LogP contribution in [0, 0.1) is 0 Å². The molecular weight excluding hydrogens is 312 g/mol. The second-order valence-corrected chi connectivity index (χ2v) is 4.94. The number of hydrogen-bond acceptors (Lipinski definition) is 6. The normalized spacial score (nSPS) is 10.1. The number of carbonyl (C=O) groups is 2. The number of methoxy groups -OCH3 is 2. The third-order valence-corrected chi connectivity index (χ3v) is 3.41. The Bertz CT molecular complexity index is 738. The van der Waals surface area contributed by atoms with Crippen molar-refractivity contribution in [2.45, 2.75) is 6.42 Å². The fraction of sp³-hybridized carbons (Fsp3) is 0.222. The van der Waals surface area contributed by atoms with E-state index in [4.69, 9.17) is 14.2 Å². The number of aldehydes is 1. The summed E-state index contributed by atoms with van der Waals surface area (Å²) in [6.07, 6.45) is 0.862. The first-order valence-electron chi connectivity index (χ1n) is 7.25. The predicted molar refractivity (Wildman–Crippen MR) is 87.5 cm³/mol. The smallest absolute Gasteiger partial charge is 0.166 e. The first kappa shape index (κ1) is 17.3. The van der Waals surface area contributed by atoms with Gasteiger partial charge in [0.05, 0.1) is 20.8 Å². The summed E-state index contributed by atoms with van der Waals surface area (Å²) >= 11 is 0. The van der Waals surface area contributed by atoms with Gasteiger partial charge in [0.15, 0.2) is 28.8 Å². The number of ketones is 1. The summed E-state index contributed by atoms with van der Waals surface area (Å²) in [5.41, 5.74) is 0.906. The number of ether oxygens (including phenoxy) is 3. The zero-order chi connectivity index (χ0) is 17.5. The molecule has 0 amide bonds. The van der Waals surface area contributed by atoms with Crippen molar-refractivity contribution in [2.24, 2.45) is 0 Å².